The van der Waals surface area contributed by atoms with Crippen LogP contribution in [0.15, 0.2) is 0 Å². The minimum atomic E-state index is 0.602. The third-order valence-electron chi connectivity index (χ3n) is 1.22. The molecule has 0 fully saturated rings. The number of rotatable bonds is 3. The largest absolute Gasteiger partial charge is 0.198 e. The summed E-state index contributed by atoms with van der Waals surface area (Å²) in [6.07, 6.45) is 3.10. The third-order valence-corrected chi connectivity index (χ3v) is 1.22. The van der Waals surface area contributed by atoms with Crippen LogP contribution in [0.2, 0.25) is 0 Å². The molecule has 0 aliphatic heterocycles. The minimum Gasteiger partial charge on any atom is -0.198 e. The van der Waals surface area contributed by atoms with Crippen LogP contribution in [0.4, 0.5) is 0 Å². The third kappa shape index (κ3) is 3.67. The lowest BCUT2D eigenvalue weighted by Crippen LogP contribution is -1.89. The summed E-state index contributed by atoms with van der Waals surface area (Å²) < 4.78 is 0. The van der Waals surface area contributed by atoms with Crippen LogP contribution in [-0.4, -0.2) is 0 Å². The first-order valence-electron chi connectivity index (χ1n) is 3.18. The smallest absolute Gasteiger partial charge is 0.0624 e. The molecule has 1 nitrogen and oxygen atoms in total. The lowest BCUT2D eigenvalue weighted by atomic mass is 10.0. The van der Waals surface area contributed by atoms with Gasteiger partial charge in [-0.05, 0) is 12.3 Å². The first-order valence-corrected chi connectivity index (χ1v) is 3.18. The van der Waals surface area contributed by atoms with Crippen molar-refractivity contribution in [1.82, 2.24) is 0 Å². The Kier molecular flexibility index (Phi) is 4.35. The summed E-state index contributed by atoms with van der Waals surface area (Å²) >= 11 is 0. The van der Waals surface area contributed by atoms with Gasteiger partial charge >= 0.3 is 0 Å². The molecule has 0 N–H and O–H groups in total. The number of nitrogens with zero attached hydrogens (tertiary/aromatic N) is 1. The summed E-state index contributed by atoms with van der Waals surface area (Å²) in [6, 6.07) is 2.15. The van der Waals surface area contributed by atoms with Gasteiger partial charge in [0.15, 0.2) is 0 Å². The van der Waals surface area contributed by atoms with Gasteiger partial charge in [0, 0.05) is 6.42 Å². The molecule has 0 aliphatic rings. The maximum atomic E-state index is 8.21. The van der Waals surface area contributed by atoms with E-state index in [4.69, 9.17) is 5.26 Å². The molecule has 0 aromatic carbocycles. The molecule has 0 rings (SSSR count). The Bertz CT molecular complexity index is 80.9. The second-order valence-corrected chi connectivity index (χ2v) is 2.26. The molecular formula is C7H13N. The number of nitriles is 1. The quantitative estimate of drug-likeness (QED) is 0.548. The SMILES string of the molecule is CCC[C@H](C)CC#N. The van der Waals surface area contributed by atoms with Crippen LogP contribution in [0.1, 0.15) is 33.1 Å². The predicted octanol–water partition coefficient (Wildman–Crippen LogP) is 2.34. The van der Waals surface area contributed by atoms with Gasteiger partial charge in [-0.15, -0.1) is 0 Å². The highest BCUT2D eigenvalue weighted by atomic mass is 14.2. The molecule has 46 valence electrons. The fraction of sp³-hybridized carbons (Fsp3) is 0.857. The minimum absolute atomic E-state index is 0.602. The standard InChI is InChI=1S/C7H13N/c1-3-4-7(2)5-6-8/h7H,3-5H2,1-2H3/t7-/m0/s1. The van der Waals surface area contributed by atoms with Crippen molar-refractivity contribution in [2.75, 3.05) is 0 Å². The second-order valence-electron chi connectivity index (χ2n) is 2.26. The van der Waals surface area contributed by atoms with Crippen molar-refractivity contribution < 1.29 is 0 Å². The molecule has 0 saturated heterocycles. The van der Waals surface area contributed by atoms with E-state index in [-0.39, 0.29) is 0 Å². The van der Waals surface area contributed by atoms with Crippen molar-refractivity contribution in [3.8, 4) is 6.07 Å². The van der Waals surface area contributed by atoms with E-state index < -0.39 is 0 Å². The van der Waals surface area contributed by atoms with Gasteiger partial charge in [0.2, 0.25) is 0 Å². The molecule has 0 heterocycles. The second kappa shape index (κ2) is 4.64. The van der Waals surface area contributed by atoms with E-state index in [1.54, 1.807) is 0 Å². The predicted molar refractivity (Wildman–Crippen MR) is 34.3 cm³/mol. The zero-order chi connectivity index (χ0) is 6.41. The van der Waals surface area contributed by atoms with Crippen molar-refractivity contribution in [2.24, 2.45) is 5.92 Å². The van der Waals surface area contributed by atoms with E-state index in [1.807, 2.05) is 0 Å². The van der Waals surface area contributed by atoms with Gasteiger partial charge < -0.3 is 0 Å². The molecule has 0 radical (unpaired) electrons. The van der Waals surface area contributed by atoms with Gasteiger partial charge in [-0.1, -0.05) is 20.3 Å². The van der Waals surface area contributed by atoms with Crippen molar-refractivity contribution in [2.45, 2.75) is 33.1 Å². The Morgan fingerprint density at radius 2 is 2.25 bits per heavy atom. The van der Waals surface area contributed by atoms with Crippen LogP contribution in [0, 0.1) is 17.2 Å². The van der Waals surface area contributed by atoms with Gasteiger partial charge in [-0.3, -0.25) is 0 Å². The van der Waals surface area contributed by atoms with E-state index in [0.717, 1.165) is 0 Å². The van der Waals surface area contributed by atoms with Gasteiger partial charge in [0.25, 0.3) is 0 Å². The van der Waals surface area contributed by atoms with E-state index in [1.165, 1.54) is 12.8 Å². The van der Waals surface area contributed by atoms with E-state index >= 15 is 0 Å². The highest BCUT2D eigenvalue weighted by molar-refractivity contribution is 4.72. The molecule has 1 atom stereocenters. The molecule has 1 heteroatoms. The highest BCUT2D eigenvalue weighted by Gasteiger charge is 1.96. The molecule has 0 aromatic heterocycles. The van der Waals surface area contributed by atoms with Gasteiger partial charge in [-0.2, -0.15) is 5.26 Å². The zero-order valence-electron chi connectivity index (χ0n) is 5.65. The Labute approximate surface area is 51.3 Å². The van der Waals surface area contributed by atoms with Gasteiger partial charge in [0.1, 0.15) is 0 Å². The monoisotopic (exact) mass is 111 g/mol. The molecule has 0 aliphatic carbocycles. The lowest BCUT2D eigenvalue weighted by molar-refractivity contribution is 0.537. The first kappa shape index (κ1) is 7.49. The normalized spacial score (nSPS) is 12.6. The lowest BCUT2D eigenvalue weighted by Gasteiger charge is -2.00. The van der Waals surface area contributed by atoms with Crippen LogP contribution in [0.3, 0.4) is 0 Å². The number of hydrogen-bond acceptors (Lipinski definition) is 1. The summed E-state index contributed by atoms with van der Waals surface area (Å²) in [4.78, 5) is 0. The molecule has 0 saturated carbocycles. The van der Waals surface area contributed by atoms with E-state index in [2.05, 4.69) is 19.9 Å². The summed E-state index contributed by atoms with van der Waals surface area (Å²) in [6.45, 7) is 4.26. The Morgan fingerprint density at radius 1 is 1.62 bits per heavy atom. The highest BCUT2D eigenvalue weighted by Crippen LogP contribution is 2.07. The van der Waals surface area contributed by atoms with Crippen LogP contribution >= 0.6 is 0 Å². The van der Waals surface area contributed by atoms with Crippen molar-refractivity contribution in [1.29, 1.82) is 5.26 Å². The van der Waals surface area contributed by atoms with Crippen molar-refractivity contribution in [3.63, 3.8) is 0 Å². The molecule has 0 bridgehead atoms. The van der Waals surface area contributed by atoms with Gasteiger partial charge in [0.05, 0.1) is 6.07 Å². The number of hydrogen-bond donors (Lipinski definition) is 0. The Balaban J connectivity index is 3.08. The molecule has 0 amide bonds. The molecule has 0 spiro atoms. The topological polar surface area (TPSA) is 23.8 Å². The maximum Gasteiger partial charge on any atom is 0.0624 e. The molecule has 8 heavy (non-hydrogen) atoms. The zero-order valence-corrected chi connectivity index (χ0v) is 5.65. The van der Waals surface area contributed by atoms with Gasteiger partial charge in [-0.25, -0.2) is 0 Å². The van der Waals surface area contributed by atoms with Crippen LogP contribution in [-0.2, 0) is 0 Å². The molecular weight excluding hydrogens is 98.1 g/mol. The van der Waals surface area contributed by atoms with E-state index in [9.17, 15) is 0 Å². The maximum absolute atomic E-state index is 8.21. The Hall–Kier alpha value is -0.510. The molecule has 0 unspecified atom stereocenters. The van der Waals surface area contributed by atoms with E-state index in [0.29, 0.717) is 12.3 Å². The van der Waals surface area contributed by atoms with Crippen LogP contribution in [0.5, 0.6) is 0 Å². The fourth-order valence-corrected chi connectivity index (χ4v) is 0.751. The average molecular weight is 111 g/mol. The summed E-state index contributed by atoms with van der Waals surface area (Å²) in [5.41, 5.74) is 0. The Morgan fingerprint density at radius 3 is 2.62 bits per heavy atom. The van der Waals surface area contributed by atoms with Crippen molar-refractivity contribution in [3.05, 3.63) is 0 Å². The van der Waals surface area contributed by atoms with Crippen molar-refractivity contribution >= 4 is 0 Å². The van der Waals surface area contributed by atoms with Crippen LogP contribution in [0.25, 0.3) is 0 Å². The fourth-order valence-electron chi connectivity index (χ4n) is 0.751. The summed E-state index contributed by atoms with van der Waals surface area (Å²) in [5.74, 6) is 0.602. The first-order chi connectivity index (χ1) is 3.81. The average Bonchev–Trinajstić information content (AvgIpc) is 1.68. The summed E-state index contributed by atoms with van der Waals surface area (Å²) in [5, 5.41) is 8.21. The summed E-state index contributed by atoms with van der Waals surface area (Å²) in [7, 11) is 0. The van der Waals surface area contributed by atoms with Crippen LogP contribution < -0.4 is 0 Å². The molecule has 0 aromatic rings.